The molecular formula is C14H20N2O3. The number of carbonyl (C=O) groups excluding carboxylic acids is 1. The molecule has 1 aromatic rings. The monoisotopic (exact) mass is 264 g/mol. The first-order valence-electron chi connectivity index (χ1n) is 6.35. The highest BCUT2D eigenvalue weighted by atomic mass is 16.5. The zero-order valence-electron chi connectivity index (χ0n) is 11.4. The molecule has 0 unspecified atom stereocenters. The van der Waals surface area contributed by atoms with E-state index in [1.54, 1.807) is 7.11 Å². The average Bonchev–Trinajstić information content (AvgIpc) is 3.22. The Hall–Kier alpha value is -1.75. The molecule has 1 fully saturated rings. The van der Waals surface area contributed by atoms with Crippen LogP contribution in [-0.2, 0) is 19.7 Å². The third-order valence-corrected chi connectivity index (χ3v) is 3.55. The van der Waals surface area contributed by atoms with Crippen LogP contribution in [0.15, 0.2) is 18.2 Å². The van der Waals surface area contributed by atoms with Gasteiger partial charge in [0.15, 0.2) is 0 Å². The molecule has 0 radical (unpaired) electrons. The number of anilines is 2. The van der Waals surface area contributed by atoms with Crippen LogP contribution in [0.2, 0.25) is 0 Å². The van der Waals surface area contributed by atoms with E-state index in [-0.39, 0.29) is 5.97 Å². The highest BCUT2D eigenvalue weighted by molar-refractivity contribution is 5.87. The fraction of sp³-hybridized carbons (Fsp3) is 0.500. The summed E-state index contributed by atoms with van der Waals surface area (Å²) in [6.07, 6.45) is 1.67. The van der Waals surface area contributed by atoms with E-state index in [0.717, 1.165) is 24.1 Å². The summed E-state index contributed by atoms with van der Waals surface area (Å²) < 4.78 is 9.88. The maximum Gasteiger partial charge on any atom is 0.316 e. The van der Waals surface area contributed by atoms with Crippen molar-refractivity contribution in [3.8, 4) is 0 Å². The highest BCUT2D eigenvalue weighted by Crippen LogP contribution is 2.50. The lowest BCUT2D eigenvalue weighted by Crippen LogP contribution is -2.22. The summed E-state index contributed by atoms with van der Waals surface area (Å²) in [5.41, 5.74) is 7.94. The first kappa shape index (κ1) is 13.7. The summed E-state index contributed by atoms with van der Waals surface area (Å²) in [7, 11) is 3.08. The van der Waals surface area contributed by atoms with Crippen molar-refractivity contribution in [1.29, 1.82) is 0 Å². The van der Waals surface area contributed by atoms with Gasteiger partial charge in [-0.3, -0.25) is 4.79 Å². The predicted octanol–water partition coefficient (Wildman–Crippen LogP) is 1.53. The molecule has 19 heavy (non-hydrogen) atoms. The van der Waals surface area contributed by atoms with E-state index < -0.39 is 5.41 Å². The van der Waals surface area contributed by atoms with Crippen LogP contribution < -0.4 is 11.1 Å². The number of hydrogen-bond acceptors (Lipinski definition) is 5. The van der Waals surface area contributed by atoms with Crippen LogP contribution in [0.1, 0.15) is 18.4 Å². The third kappa shape index (κ3) is 2.66. The minimum Gasteiger partial charge on any atom is -0.468 e. The highest BCUT2D eigenvalue weighted by Gasteiger charge is 2.52. The van der Waals surface area contributed by atoms with Crippen molar-refractivity contribution in [2.24, 2.45) is 0 Å². The van der Waals surface area contributed by atoms with E-state index in [9.17, 15) is 4.79 Å². The normalized spacial score (nSPS) is 15.9. The maximum atomic E-state index is 11.9. The Labute approximate surface area is 113 Å². The molecule has 1 aliphatic rings. The van der Waals surface area contributed by atoms with Gasteiger partial charge in [0.2, 0.25) is 0 Å². The second kappa shape index (κ2) is 5.48. The Bertz CT molecular complexity index is 470. The molecule has 1 aromatic carbocycles. The van der Waals surface area contributed by atoms with Gasteiger partial charge in [0, 0.05) is 13.7 Å². The van der Waals surface area contributed by atoms with Crippen LogP contribution >= 0.6 is 0 Å². The lowest BCUT2D eigenvalue weighted by atomic mass is 9.95. The molecule has 5 heteroatoms. The van der Waals surface area contributed by atoms with Gasteiger partial charge in [-0.1, -0.05) is 6.07 Å². The number of benzene rings is 1. The van der Waals surface area contributed by atoms with Gasteiger partial charge >= 0.3 is 5.97 Å². The molecule has 0 amide bonds. The SMILES string of the molecule is COCCNc1cc(C2(C(=O)OC)CC2)ccc1N. The summed E-state index contributed by atoms with van der Waals surface area (Å²) in [4.78, 5) is 11.9. The summed E-state index contributed by atoms with van der Waals surface area (Å²) in [6, 6.07) is 5.67. The van der Waals surface area contributed by atoms with Crippen LogP contribution in [0.4, 0.5) is 11.4 Å². The molecule has 3 N–H and O–H groups in total. The Balaban J connectivity index is 2.19. The van der Waals surface area contributed by atoms with Crippen molar-refractivity contribution in [3.63, 3.8) is 0 Å². The van der Waals surface area contributed by atoms with E-state index >= 15 is 0 Å². The molecule has 104 valence electrons. The number of carbonyl (C=O) groups is 1. The number of nitrogen functional groups attached to an aromatic ring is 1. The van der Waals surface area contributed by atoms with E-state index in [1.807, 2.05) is 18.2 Å². The van der Waals surface area contributed by atoms with Crippen molar-refractivity contribution >= 4 is 17.3 Å². The molecule has 0 aliphatic heterocycles. The van der Waals surface area contributed by atoms with Gasteiger partial charge in [0.1, 0.15) is 0 Å². The first-order valence-corrected chi connectivity index (χ1v) is 6.35. The maximum absolute atomic E-state index is 11.9. The van der Waals surface area contributed by atoms with Gasteiger partial charge in [-0.15, -0.1) is 0 Å². The number of nitrogens with one attached hydrogen (secondary N) is 1. The number of hydrogen-bond donors (Lipinski definition) is 2. The van der Waals surface area contributed by atoms with Crippen LogP contribution in [0.5, 0.6) is 0 Å². The third-order valence-electron chi connectivity index (χ3n) is 3.55. The molecule has 0 aromatic heterocycles. The molecule has 0 saturated heterocycles. The minimum atomic E-state index is -0.458. The van der Waals surface area contributed by atoms with Crippen LogP contribution in [0.25, 0.3) is 0 Å². The molecule has 0 heterocycles. The molecule has 5 nitrogen and oxygen atoms in total. The Morgan fingerprint density at radius 2 is 2.16 bits per heavy atom. The molecule has 1 aliphatic carbocycles. The van der Waals surface area contributed by atoms with Gasteiger partial charge in [-0.25, -0.2) is 0 Å². The average molecular weight is 264 g/mol. The van der Waals surface area contributed by atoms with E-state index in [1.165, 1.54) is 7.11 Å². The summed E-state index contributed by atoms with van der Waals surface area (Å²) in [5, 5.41) is 3.21. The second-order valence-corrected chi connectivity index (χ2v) is 4.80. The zero-order chi connectivity index (χ0) is 13.9. The van der Waals surface area contributed by atoms with Gasteiger partial charge in [0.05, 0.1) is 30.5 Å². The van der Waals surface area contributed by atoms with Crippen molar-refractivity contribution in [3.05, 3.63) is 23.8 Å². The largest absolute Gasteiger partial charge is 0.468 e. The Morgan fingerprint density at radius 1 is 1.42 bits per heavy atom. The fourth-order valence-electron chi connectivity index (χ4n) is 2.23. The number of ether oxygens (including phenoxy) is 2. The van der Waals surface area contributed by atoms with Gasteiger partial charge in [-0.05, 0) is 30.5 Å². The Morgan fingerprint density at radius 3 is 2.74 bits per heavy atom. The van der Waals surface area contributed by atoms with E-state index in [2.05, 4.69) is 5.32 Å². The minimum absolute atomic E-state index is 0.167. The number of rotatable bonds is 6. The molecule has 0 atom stereocenters. The topological polar surface area (TPSA) is 73.6 Å². The van der Waals surface area contributed by atoms with Crippen molar-refractivity contribution in [1.82, 2.24) is 0 Å². The quantitative estimate of drug-likeness (QED) is 0.463. The summed E-state index contributed by atoms with van der Waals surface area (Å²) >= 11 is 0. The van der Waals surface area contributed by atoms with Crippen molar-refractivity contribution in [2.75, 3.05) is 38.4 Å². The fourth-order valence-corrected chi connectivity index (χ4v) is 2.23. The van der Waals surface area contributed by atoms with Gasteiger partial charge in [-0.2, -0.15) is 0 Å². The molecular weight excluding hydrogens is 244 g/mol. The molecule has 1 saturated carbocycles. The predicted molar refractivity (Wildman–Crippen MR) is 74.1 cm³/mol. The summed E-state index contributed by atoms with van der Waals surface area (Å²) in [5.74, 6) is -0.167. The van der Waals surface area contributed by atoms with E-state index in [4.69, 9.17) is 15.2 Å². The second-order valence-electron chi connectivity index (χ2n) is 4.80. The standard InChI is InChI=1S/C14H20N2O3/c1-18-8-7-16-12-9-10(3-4-11(12)15)14(5-6-14)13(17)19-2/h3-4,9,16H,5-8,15H2,1-2H3. The Kier molecular flexibility index (Phi) is 3.95. The number of nitrogens with two attached hydrogens (primary N) is 1. The first-order chi connectivity index (χ1) is 9.14. The number of methoxy groups -OCH3 is 2. The van der Waals surface area contributed by atoms with Crippen LogP contribution in [0.3, 0.4) is 0 Å². The van der Waals surface area contributed by atoms with Gasteiger partial charge in [0.25, 0.3) is 0 Å². The molecule has 0 bridgehead atoms. The smallest absolute Gasteiger partial charge is 0.316 e. The molecule has 0 spiro atoms. The van der Waals surface area contributed by atoms with Gasteiger partial charge < -0.3 is 20.5 Å². The summed E-state index contributed by atoms with van der Waals surface area (Å²) in [6.45, 7) is 1.28. The lowest BCUT2D eigenvalue weighted by Gasteiger charge is -2.16. The van der Waals surface area contributed by atoms with E-state index in [0.29, 0.717) is 18.8 Å². The van der Waals surface area contributed by atoms with Crippen LogP contribution in [-0.4, -0.2) is 33.3 Å². The molecule has 2 rings (SSSR count). The zero-order valence-corrected chi connectivity index (χ0v) is 11.4. The van der Waals surface area contributed by atoms with Crippen molar-refractivity contribution < 1.29 is 14.3 Å². The number of esters is 1. The van der Waals surface area contributed by atoms with Crippen molar-refractivity contribution in [2.45, 2.75) is 18.3 Å². The van der Waals surface area contributed by atoms with Crippen LogP contribution in [0, 0.1) is 0 Å². The lowest BCUT2D eigenvalue weighted by molar-refractivity contribution is -0.143.